The molecule has 0 aliphatic carbocycles. The van der Waals surface area contributed by atoms with E-state index in [-0.39, 0.29) is 5.91 Å². The van der Waals surface area contributed by atoms with Crippen LogP contribution in [0.3, 0.4) is 0 Å². The molecule has 0 saturated carbocycles. The van der Waals surface area contributed by atoms with E-state index in [2.05, 4.69) is 26.5 Å². The van der Waals surface area contributed by atoms with Crippen LogP contribution in [0, 0.1) is 6.92 Å². The minimum atomic E-state index is -0.461. The molecule has 0 unspecified atom stereocenters. The maximum Gasteiger partial charge on any atom is 0.343 e. The summed E-state index contributed by atoms with van der Waals surface area (Å²) in [4.78, 5) is 25.1. The minimum absolute atomic E-state index is 0.340. The molecule has 1 N–H and O–H groups in total. The number of amides is 1. The van der Waals surface area contributed by atoms with Gasteiger partial charge < -0.3 is 4.74 Å². The van der Waals surface area contributed by atoms with Crippen molar-refractivity contribution in [3.63, 3.8) is 0 Å². The highest BCUT2D eigenvalue weighted by Gasteiger charge is 2.14. The lowest BCUT2D eigenvalue weighted by Crippen LogP contribution is -2.17. The number of esters is 1. The van der Waals surface area contributed by atoms with Gasteiger partial charge >= 0.3 is 5.97 Å². The molecular weight excluding hydrogens is 468 g/mol. The maximum absolute atomic E-state index is 12.7. The van der Waals surface area contributed by atoms with E-state index < -0.39 is 5.97 Å². The van der Waals surface area contributed by atoms with Gasteiger partial charge in [0.05, 0.1) is 11.8 Å². The molecule has 0 aromatic heterocycles. The topological polar surface area (TPSA) is 67.8 Å². The van der Waals surface area contributed by atoms with Gasteiger partial charge in [0.15, 0.2) is 0 Å². The molecule has 0 aliphatic rings. The number of hydrogen-bond acceptors (Lipinski definition) is 4. The van der Waals surface area contributed by atoms with Crippen molar-refractivity contribution >= 4 is 44.8 Å². The zero-order valence-corrected chi connectivity index (χ0v) is 18.8. The molecule has 4 rings (SSSR count). The number of fused-ring (bicyclic) bond motifs is 1. The molecule has 0 aliphatic heterocycles. The van der Waals surface area contributed by atoms with Crippen LogP contribution in [0.1, 0.15) is 31.8 Å². The number of nitrogens with one attached hydrogen (secondary N) is 1. The summed E-state index contributed by atoms with van der Waals surface area (Å²) in [6.45, 7) is 1.92. The molecule has 4 aromatic rings. The summed E-state index contributed by atoms with van der Waals surface area (Å²) < 4.78 is 6.58. The van der Waals surface area contributed by atoms with E-state index in [1.165, 1.54) is 6.21 Å². The highest BCUT2D eigenvalue weighted by atomic mass is 79.9. The number of ether oxygens (including phenoxy) is 1. The molecule has 4 aromatic carbocycles. The van der Waals surface area contributed by atoms with Crippen LogP contribution in [0.4, 0.5) is 0 Å². The molecule has 0 heterocycles. The third-order valence-electron chi connectivity index (χ3n) is 4.85. The van der Waals surface area contributed by atoms with Crippen LogP contribution in [0.2, 0.25) is 0 Å². The van der Waals surface area contributed by atoms with Gasteiger partial charge in [0.2, 0.25) is 0 Å². The molecule has 1 amide bonds. The molecule has 0 saturated heterocycles. The molecule has 0 spiro atoms. The van der Waals surface area contributed by atoms with E-state index in [1.54, 1.807) is 42.5 Å². The van der Waals surface area contributed by atoms with Gasteiger partial charge in [-0.05, 0) is 60.2 Å². The fourth-order valence-corrected chi connectivity index (χ4v) is 3.51. The Bertz CT molecular complexity index is 1330. The lowest BCUT2D eigenvalue weighted by atomic mass is 10.0. The molecule has 0 fully saturated rings. The van der Waals surface area contributed by atoms with E-state index >= 15 is 0 Å². The van der Waals surface area contributed by atoms with Gasteiger partial charge in [-0.15, -0.1) is 0 Å². The average Bonchev–Trinajstić information content (AvgIpc) is 2.80. The molecule has 5 nitrogen and oxygen atoms in total. The van der Waals surface area contributed by atoms with Crippen molar-refractivity contribution in [3.8, 4) is 5.75 Å². The van der Waals surface area contributed by atoms with Crippen molar-refractivity contribution in [2.45, 2.75) is 6.92 Å². The Morgan fingerprint density at radius 1 is 0.906 bits per heavy atom. The number of carbonyl (C=O) groups is 2. The van der Waals surface area contributed by atoms with E-state index in [0.717, 1.165) is 20.8 Å². The van der Waals surface area contributed by atoms with E-state index in [0.29, 0.717) is 22.4 Å². The molecular formula is C26H19BrN2O3. The van der Waals surface area contributed by atoms with Crippen molar-refractivity contribution in [2.75, 3.05) is 0 Å². The first-order chi connectivity index (χ1) is 15.5. The molecule has 0 atom stereocenters. The summed E-state index contributed by atoms with van der Waals surface area (Å²) in [5.41, 5.74) is 5.03. The number of carbonyl (C=O) groups excluding carboxylic acids is 2. The van der Waals surface area contributed by atoms with Crippen LogP contribution in [0.25, 0.3) is 10.8 Å². The van der Waals surface area contributed by atoms with Gasteiger partial charge in [0.1, 0.15) is 5.75 Å². The summed E-state index contributed by atoms with van der Waals surface area (Å²) in [6.07, 6.45) is 1.50. The number of rotatable bonds is 5. The molecule has 158 valence electrons. The normalized spacial score (nSPS) is 10.9. The van der Waals surface area contributed by atoms with Crippen LogP contribution in [0.5, 0.6) is 5.75 Å². The number of hydrazone groups is 1. The highest BCUT2D eigenvalue weighted by molar-refractivity contribution is 9.10. The lowest BCUT2D eigenvalue weighted by Gasteiger charge is -2.11. The smallest absolute Gasteiger partial charge is 0.343 e. The Kier molecular flexibility index (Phi) is 6.42. The fourth-order valence-electron chi connectivity index (χ4n) is 3.25. The summed E-state index contributed by atoms with van der Waals surface area (Å²) in [5, 5.41) is 5.93. The van der Waals surface area contributed by atoms with E-state index in [1.807, 2.05) is 49.4 Å². The largest absolute Gasteiger partial charge is 0.422 e. The Morgan fingerprint density at radius 3 is 2.47 bits per heavy atom. The van der Waals surface area contributed by atoms with Crippen molar-refractivity contribution in [1.82, 2.24) is 5.43 Å². The number of nitrogens with zero attached hydrogens (tertiary/aromatic N) is 1. The summed E-state index contributed by atoms with van der Waals surface area (Å²) in [7, 11) is 0. The lowest BCUT2D eigenvalue weighted by molar-refractivity contribution is 0.0734. The van der Waals surface area contributed by atoms with Crippen molar-refractivity contribution in [2.24, 2.45) is 5.10 Å². The third kappa shape index (κ3) is 4.92. The Labute approximate surface area is 193 Å². The number of benzene rings is 4. The quantitative estimate of drug-likeness (QED) is 0.165. The zero-order chi connectivity index (χ0) is 22.5. The van der Waals surface area contributed by atoms with Crippen molar-refractivity contribution in [3.05, 3.63) is 112 Å². The molecule has 0 bridgehead atoms. The number of aryl methyl sites for hydroxylation is 1. The first-order valence-corrected chi connectivity index (χ1v) is 10.7. The SMILES string of the molecule is Cc1cccc(C(=O)Oc2ccc3ccccc3c2/C=N\NC(=O)c2ccc(Br)cc2)c1. The second kappa shape index (κ2) is 9.58. The van der Waals surface area contributed by atoms with Gasteiger partial charge in [-0.2, -0.15) is 5.10 Å². The fraction of sp³-hybridized carbons (Fsp3) is 0.0385. The first-order valence-electron chi connectivity index (χ1n) is 9.91. The summed E-state index contributed by atoms with van der Waals surface area (Å²) in [6, 6.07) is 25.5. The predicted molar refractivity (Wildman–Crippen MR) is 129 cm³/mol. The van der Waals surface area contributed by atoms with Gasteiger partial charge in [0.25, 0.3) is 5.91 Å². The number of hydrogen-bond donors (Lipinski definition) is 1. The van der Waals surface area contributed by atoms with Crippen LogP contribution < -0.4 is 10.2 Å². The molecule has 32 heavy (non-hydrogen) atoms. The Balaban J connectivity index is 1.62. The third-order valence-corrected chi connectivity index (χ3v) is 5.38. The van der Waals surface area contributed by atoms with E-state index in [4.69, 9.17) is 4.74 Å². The standard InChI is InChI=1S/C26H19BrN2O3/c1-17-5-4-7-20(15-17)26(31)32-24-14-11-18-6-2-3-8-22(18)23(24)16-28-29-25(30)19-9-12-21(27)13-10-19/h2-16H,1H3,(H,29,30)/b28-16-. The van der Waals surface area contributed by atoms with Crippen LogP contribution in [0.15, 0.2) is 94.5 Å². The van der Waals surface area contributed by atoms with Crippen molar-refractivity contribution < 1.29 is 14.3 Å². The molecule has 0 radical (unpaired) electrons. The first kappa shape index (κ1) is 21.5. The average molecular weight is 487 g/mol. The van der Waals surface area contributed by atoms with Gasteiger partial charge in [0, 0.05) is 15.6 Å². The van der Waals surface area contributed by atoms with Gasteiger partial charge in [-0.1, -0.05) is 64.0 Å². The Morgan fingerprint density at radius 2 is 1.69 bits per heavy atom. The summed E-state index contributed by atoms with van der Waals surface area (Å²) >= 11 is 3.35. The second-order valence-electron chi connectivity index (χ2n) is 7.16. The second-order valence-corrected chi connectivity index (χ2v) is 8.08. The van der Waals surface area contributed by atoms with Crippen LogP contribution >= 0.6 is 15.9 Å². The van der Waals surface area contributed by atoms with Gasteiger partial charge in [-0.25, -0.2) is 10.2 Å². The minimum Gasteiger partial charge on any atom is -0.422 e. The maximum atomic E-state index is 12.7. The van der Waals surface area contributed by atoms with Gasteiger partial charge in [-0.3, -0.25) is 4.79 Å². The van der Waals surface area contributed by atoms with E-state index in [9.17, 15) is 9.59 Å². The van der Waals surface area contributed by atoms with Crippen LogP contribution in [-0.2, 0) is 0 Å². The zero-order valence-electron chi connectivity index (χ0n) is 17.2. The molecule has 6 heteroatoms. The number of halogens is 1. The monoisotopic (exact) mass is 486 g/mol. The summed E-state index contributed by atoms with van der Waals surface area (Å²) in [5.74, 6) is -0.443. The predicted octanol–water partition coefficient (Wildman–Crippen LogP) is 5.89. The highest BCUT2D eigenvalue weighted by Crippen LogP contribution is 2.27. The van der Waals surface area contributed by atoms with Crippen molar-refractivity contribution in [1.29, 1.82) is 0 Å². The van der Waals surface area contributed by atoms with Crippen LogP contribution in [-0.4, -0.2) is 18.1 Å². The Hall–Kier alpha value is -3.77.